The van der Waals surface area contributed by atoms with Gasteiger partial charge in [-0.1, -0.05) is 43.5 Å². The van der Waals surface area contributed by atoms with Crippen molar-refractivity contribution in [2.45, 2.75) is 62.8 Å². The number of halogens is 1. The third kappa shape index (κ3) is 4.36. The molecule has 0 radical (unpaired) electrons. The van der Waals surface area contributed by atoms with Gasteiger partial charge < -0.3 is 15.8 Å². The highest BCUT2D eigenvalue weighted by Crippen LogP contribution is 2.36. The number of hydrogen-bond acceptors (Lipinski definition) is 3. The van der Waals surface area contributed by atoms with Gasteiger partial charge in [-0.25, -0.2) is 0 Å². The highest BCUT2D eigenvalue weighted by molar-refractivity contribution is 5.86. The predicted molar refractivity (Wildman–Crippen MR) is 103 cm³/mol. The lowest BCUT2D eigenvalue weighted by atomic mass is 9.72. The van der Waals surface area contributed by atoms with Gasteiger partial charge >= 0.3 is 0 Å². The Morgan fingerprint density at radius 1 is 1.12 bits per heavy atom. The molecule has 0 bridgehead atoms. The maximum atomic E-state index is 12.8. The fraction of sp³-hybridized carbons (Fsp3) is 0.650. The standard InChI is InChI=1S/C20H30N2O2.ClH/c1-16-7-3-4-8-17(16)19(11-13-24-14-12-19)15-22-18(23)20(21)9-5-2-6-10-20;/h3-4,7-8H,2,5-6,9-15,21H2,1H3,(H,22,23);1H. The number of nitrogens with one attached hydrogen (secondary N) is 1. The summed E-state index contributed by atoms with van der Waals surface area (Å²) in [5.41, 5.74) is 8.31. The van der Waals surface area contributed by atoms with Crippen molar-refractivity contribution in [2.75, 3.05) is 19.8 Å². The number of aryl methyl sites for hydroxylation is 1. The van der Waals surface area contributed by atoms with Crippen molar-refractivity contribution in [1.82, 2.24) is 5.32 Å². The van der Waals surface area contributed by atoms with E-state index in [0.29, 0.717) is 6.54 Å². The molecule has 5 heteroatoms. The average Bonchev–Trinajstić information content (AvgIpc) is 2.61. The molecule has 3 N–H and O–H groups in total. The minimum absolute atomic E-state index is 0. The molecular formula is C20H31ClN2O2. The number of nitrogens with two attached hydrogens (primary N) is 1. The molecule has 4 nitrogen and oxygen atoms in total. The number of ether oxygens (including phenoxy) is 1. The predicted octanol–water partition coefficient (Wildman–Crippen LogP) is 3.24. The summed E-state index contributed by atoms with van der Waals surface area (Å²) < 4.78 is 5.59. The van der Waals surface area contributed by atoms with E-state index >= 15 is 0 Å². The van der Waals surface area contributed by atoms with E-state index in [0.717, 1.165) is 51.7 Å². The molecule has 1 aliphatic carbocycles. The summed E-state index contributed by atoms with van der Waals surface area (Å²) in [6.07, 6.45) is 6.79. The summed E-state index contributed by atoms with van der Waals surface area (Å²) in [7, 11) is 0. The molecule has 0 aromatic heterocycles. The quantitative estimate of drug-likeness (QED) is 0.859. The molecule has 25 heavy (non-hydrogen) atoms. The largest absolute Gasteiger partial charge is 0.381 e. The van der Waals surface area contributed by atoms with Crippen LogP contribution in [0.5, 0.6) is 0 Å². The van der Waals surface area contributed by atoms with Crippen LogP contribution in [0, 0.1) is 6.92 Å². The Morgan fingerprint density at radius 2 is 1.76 bits per heavy atom. The Morgan fingerprint density at radius 3 is 2.40 bits per heavy atom. The second-order valence-electron chi connectivity index (χ2n) is 7.61. The van der Waals surface area contributed by atoms with E-state index in [1.165, 1.54) is 17.5 Å². The van der Waals surface area contributed by atoms with Gasteiger partial charge in [-0.05, 0) is 43.7 Å². The van der Waals surface area contributed by atoms with Gasteiger partial charge in [0.05, 0.1) is 5.54 Å². The van der Waals surface area contributed by atoms with Crippen molar-refractivity contribution >= 4 is 18.3 Å². The zero-order valence-electron chi connectivity index (χ0n) is 15.2. The monoisotopic (exact) mass is 366 g/mol. The molecule has 1 amide bonds. The normalized spacial score (nSPS) is 21.8. The Bertz CT molecular complexity index is 579. The molecule has 2 aliphatic rings. The van der Waals surface area contributed by atoms with Gasteiger partial charge in [0.25, 0.3) is 0 Å². The molecular weight excluding hydrogens is 336 g/mol. The molecule has 1 saturated heterocycles. The van der Waals surface area contributed by atoms with E-state index in [1.54, 1.807) is 0 Å². The fourth-order valence-corrected chi connectivity index (χ4v) is 4.31. The van der Waals surface area contributed by atoms with E-state index in [9.17, 15) is 4.79 Å². The van der Waals surface area contributed by atoms with Crippen LogP contribution in [-0.2, 0) is 14.9 Å². The van der Waals surface area contributed by atoms with Gasteiger partial charge in [0.1, 0.15) is 0 Å². The van der Waals surface area contributed by atoms with Crippen LogP contribution >= 0.6 is 12.4 Å². The zero-order chi connectivity index (χ0) is 17.0. The van der Waals surface area contributed by atoms with E-state index in [-0.39, 0.29) is 23.7 Å². The Balaban J connectivity index is 0.00000225. The van der Waals surface area contributed by atoms with Crippen molar-refractivity contribution in [2.24, 2.45) is 5.73 Å². The highest BCUT2D eigenvalue weighted by Gasteiger charge is 2.39. The smallest absolute Gasteiger partial charge is 0.240 e. The molecule has 0 atom stereocenters. The SMILES string of the molecule is Cc1ccccc1C1(CNC(=O)C2(N)CCCCC2)CCOCC1.Cl. The first-order valence-electron chi connectivity index (χ1n) is 9.27. The summed E-state index contributed by atoms with van der Waals surface area (Å²) in [5, 5.41) is 3.21. The van der Waals surface area contributed by atoms with Gasteiger partial charge in [0.15, 0.2) is 0 Å². The lowest BCUT2D eigenvalue weighted by Crippen LogP contribution is -2.57. The molecule has 1 aromatic rings. The minimum Gasteiger partial charge on any atom is -0.381 e. The van der Waals surface area contributed by atoms with E-state index in [2.05, 4.69) is 36.5 Å². The molecule has 3 rings (SSSR count). The number of benzene rings is 1. The molecule has 1 saturated carbocycles. The number of amides is 1. The maximum Gasteiger partial charge on any atom is 0.240 e. The summed E-state index contributed by atoms with van der Waals surface area (Å²) in [5.74, 6) is 0.0293. The third-order valence-electron chi connectivity index (χ3n) is 5.95. The third-order valence-corrected chi connectivity index (χ3v) is 5.95. The van der Waals surface area contributed by atoms with E-state index in [1.807, 2.05) is 0 Å². The molecule has 0 spiro atoms. The van der Waals surface area contributed by atoms with Gasteiger partial charge in [-0.15, -0.1) is 12.4 Å². The van der Waals surface area contributed by atoms with Gasteiger partial charge in [0.2, 0.25) is 5.91 Å². The van der Waals surface area contributed by atoms with Crippen LogP contribution in [0.3, 0.4) is 0 Å². The van der Waals surface area contributed by atoms with Crippen molar-refractivity contribution in [3.05, 3.63) is 35.4 Å². The van der Waals surface area contributed by atoms with Crippen molar-refractivity contribution in [3.8, 4) is 0 Å². The van der Waals surface area contributed by atoms with Crippen LogP contribution in [0.15, 0.2) is 24.3 Å². The number of carbonyl (C=O) groups is 1. The Hall–Kier alpha value is -1.10. The molecule has 1 aromatic carbocycles. The minimum atomic E-state index is -0.670. The number of hydrogen-bond donors (Lipinski definition) is 2. The second-order valence-corrected chi connectivity index (χ2v) is 7.61. The topological polar surface area (TPSA) is 64.4 Å². The van der Waals surface area contributed by atoms with Gasteiger partial charge in [-0.2, -0.15) is 0 Å². The zero-order valence-corrected chi connectivity index (χ0v) is 16.0. The van der Waals surface area contributed by atoms with Crippen molar-refractivity contribution < 1.29 is 9.53 Å². The Kier molecular flexibility index (Phi) is 6.89. The number of carbonyl (C=O) groups excluding carboxylic acids is 1. The second kappa shape index (κ2) is 8.52. The molecule has 140 valence electrons. The van der Waals surface area contributed by atoms with Crippen LogP contribution in [0.4, 0.5) is 0 Å². The first-order chi connectivity index (χ1) is 11.6. The van der Waals surface area contributed by atoms with Crippen LogP contribution in [0.2, 0.25) is 0 Å². The van der Waals surface area contributed by atoms with E-state index in [4.69, 9.17) is 10.5 Å². The molecule has 1 aliphatic heterocycles. The van der Waals surface area contributed by atoms with E-state index < -0.39 is 5.54 Å². The first-order valence-corrected chi connectivity index (χ1v) is 9.27. The summed E-state index contributed by atoms with van der Waals surface area (Å²) in [6.45, 7) is 4.30. The highest BCUT2D eigenvalue weighted by atomic mass is 35.5. The van der Waals surface area contributed by atoms with Gasteiger partial charge in [0, 0.05) is 25.2 Å². The number of rotatable bonds is 4. The maximum absolute atomic E-state index is 12.8. The van der Waals surface area contributed by atoms with Crippen molar-refractivity contribution in [3.63, 3.8) is 0 Å². The summed E-state index contributed by atoms with van der Waals surface area (Å²) >= 11 is 0. The first kappa shape index (κ1) is 20.2. The van der Waals surface area contributed by atoms with Gasteiger partial charge in [-0.3, -0.25) is 4.79 Å². The van der Waals surface area contributed by atoms with Crippen LogP contribution in [-0.4, -0.2) is 31.2 Å². The van der Waals surface area contributed by atoms with Crippen LogP contribution < -0.4 is 11.1 Å². The van der Waals surface area contributed by atoms with Crippen LogP contribution in [0.25, 0.3) is 0 Å². The summed E-state index contributed by atoms with van der Waals surface area (Å²) in [4.78, 5) is 12.8. The molecule has 0 unspecified atom stereocenters. The van der Waals surface area contributed by atoms with Crippen molar-refractivity contribution in [1.29, 1.82) is 0 Å². The summed E-state index contributed by atoms with van der Waals surface area (Å²) in [6, 6.07) is 8.51. The van der Waals surface area contributed by atoms with Crippen LogP contribution in [0.1, 0.15) is 56.1 Å². The lowest BCUT2D eigenvalue weighted by Gasteiger charge is -2.40. The molecule has 1 heterocycles. The lowest BCUT2D eigenvalue weighted by molar-refractivity contribution is -0.128. The fourth-order valence-electron chi connectivity index (χ4n) is 4.31. The molecule has 2 fully saturated rings. The average molecular weight is 367 g/mol. The Labute approximate surface area is 157 Å².